The van der Waals surface area contributed by atoms with E-state index in [0.717, 1.165) is 5.56 Å². The number of thiophene rings is 1. The highest BCUT2D eigenvalue weighted by atomic mass is 32.1. The van der Waals surface area contributed by atoms with Gasteiger partial charge in [-0.05, 0) is 43.0 Å². The Morgan fingerprint density at radius 1 is 1.00 bits per heavy atom. The number of hydrogen-bond acceptors (Lipinski definition) is 4. The Bertz CT molecular complexity index is 874. The van der Waals surface area contributed by atoms with Crippen LogP contribution in [-0.2, 0) is 17.9 Å². The van der Waals surface area contributed by atoms with E-state index in [1.165, 1.54) is 11.3 Å². The van der Waals surface area contributed by atoms with Gasteiger partial charge in [0.25, 0.3) is 5.91 Å². The van der Waals surface area contributed by atoms with Gasteiger partial charge in [-0.25, -0.2) is 0 Å². The quantitative estimate of drug-likeness (QED) is 0.566. The first-order chi connectivity index (χ1) is 13.5. The van der Waals surface area contributed by atoms with Crippen molar-refractivity contribution in [2.75, 3.05) is 6.54 Å². The number of benzene rings is 1. The third-order valence-electron chi connectivity index (χ3n) is 4.42. The van der Waals surface area contributed by atoms with Crippen molar-refractivity contribution in [3.05, 3.63) is 82.4 Å². The molecule has 1 aromatic carbocycles. The largest absolute Gasteiger partial charge is 0.467 e. The fourth-order valence-electron chi connectivity index (χ4n) is 2.90. The third-order valence-corrected chi connectivity index (χ3v) is 5.28. The lowest BCUT2D eigenvalue weighted by Gasteiger charge is -2.29. The van der Waals surface area contributed by atoms with Gasteiger partial charge in [0.05, 0.1) is 17.7 Å². The maximum absolute atomic E-state index is 13.2. The highest BCUT2D eigenvalue weighted by Gasteiger charge is 2.25. The highest BCUT2D eigenvalue weighted by Crippen LogP contribution is 2.16. The molecular formula is C22H24N2O3S. The maximum Gasteiger partial charge on any atom is 0.264 e. The molecule has 6 heteroatoms. The monoisotopic (exact) mass is 396 g/mol. The summed E-state index contributed by atoms with van der Waals surface area (Å²) in [7, 11) is 0. The molecule has 0 atom stereocenters. The molecule has 2 amide bonds. The molecule has 0 unspecified atom stereocenters. The van der Waals surface area contributed by atoms with E-state index in [1.807, 2.05) is 61.7 Å². The van der Waals surface area contributed by atoms with Crippen molar-refractivity contribution in [1.82, 2.24) is 9.80 Å². The zero-order chi connectivity index (χ0) is 19.9. The Morgan fingerprint density at radius 3 is 2.39 bits per heavy atom. The van der Waals surface area contributed by atoms with Crippen LogP contribution >= 0.6 is 11.3 Å². The minimum absolute atomic E-state index is 0.0297. The summed E-state index contributed by atoms with van der Waals surface area (Å²) < 4.78 is 5.44. The second-order valence-electron chi connectivity index (χ2n) is 6.82. The first-order valence-electron chi connectivity index (χ1n) is 9.23. The van der Waals surface area contributed by atoms with Gasteiger partial charge in [-0.1, -0.05) is 36.4 Å². The van der Waals surface area contributed by atoms with Crippen LogP contribution in [0.3, 0.4) is 0 Å². The van der Waals surface area contributed by atoms with Crippen molar-refractivity contribution in [1.29, 1.82) is 0 Å². The van der Waals surface area contributed by atoms with E-state index in [0.29, 0.717) is 23.7 Å². The van der Waals surface area contributed by atoms with E-state index in [4.69, 9.17) is 4.42 Å². The zero-order valence-electron chi connectivity index (χ0n) is 16.1. The van der Waals surface area contributed by atoms with Crippen LogP contribution in [0.2, 0.25) is 0 Å². The number of amides is 2. The van der Waals surface area contributed by atoms with Gasteiger partial charge in [0.15, 0.2) is 0 Å². The smallest absolute Gasteiger partial charge is 0.264 e. The van der Waals surface area contributed by atoms with Gasteiger partial charge >= 0.3 is 0 Å². The average molecular weight is 397 g/mol. The van der Waals surface area contributed by atoms with Crippen LogP contribution in [0.25, 0.3) is 0 Å². The van der Waals surface area contributed by atoms with Crippen molar-refractivity contribution in [3.63, 3.8) is 0 Å². The summed E-state index contributed by atoms with van der Waals surface area (Å²) in [5.74, 6) is 0.486. The Labute approximate surface area is 169 Å². The van der Waals surface area contributed by atoms with Crippen LogP contribution in [0.4, 0.5) is 0 Å². The number of hydrogen-bond donors (Lipinski definition) is 0. The third kappa shape index (κ3) is 5.10. The molecule has 2 aromatic heterocycles. The molecule has 0 fully saturated rings. The number of carbonyl (C=O) groups is 2. The molecule has 146 valence electrons. The number of carbonyl (C=O) groups excluding carboxylic acids is 2. The molecule has 0 bridgehead atoms. The van der Waals surface area contributed by atoms with Gasteiger partial charge in [-0.3, -0.25) is 9.59 Å². The van der Waals surface area contributed by atoms with E-state index in [1.54, 1.807) is 28.2 Å². The first-order valence-corrected chi connectivity index (χ1v) is 10.1. The summed E-state index contributed by atoms with van der Waals surface area (Å²) in [6.07, 6.45) is 1.60. The summed E-state index contributed by atoms with van der Waals surface area (Å²) in [4.78, 5) is 30.0. The molecule has 2 heterocycles. The molecule has 0 aliphatic heterocycles. The second-order valence-corrected chi connectivity index (χ2v) is 7.77. The number of furan rings is 1. The van der Waals surface area contributed by atoms with Crippen LogP contribution < -0.4 is 0 Å². The maximum atomic E-state index is 13.2. The lowest BCUT2D eigenvalue weighted by Crippen LogP contribution is -2.45. The molecule has 3 aromatic rings. The number of rotatable bonds is 8. The standard InChI is InChI=1S/C22H24N2O3S/c1-17(2)24(22(26)20-11-7-13-28-20)16-21(25)23(15-19-10-6-12-27-19)14-18-8-4-3-5-9-18/h3-13,17H,14-16H2,1-2H3. The van der Waals surface area contributed by atoms with Crippen molar-refractivity contribution in [2.45, 2.75) is 33.0 Å². The molecule has 0 spiro atoms. The Kier molecular flexibility index (Phi) is 6.66. The highest BCUT2D eigenvalue weighted by molar-refractivity contribution is 7.12. The van der Waals surface area contributed by atoms with E-state index in [9.17, 15) is 9.59 Å². The van der Waals surface area contributed by atoms with Crippen molar-refractivity contribution >= 4 is 23.2 Å². The lowest BCUT2D eigenvalue weighted by atomic mass is 10.2. The molecule has 0 saturated heterocycles. The van der Waals surface area contributed by atoms with E-state index >= 15 is 0 Å². The topological polar surface area (TPSA) is 53.8 Å². The van der Waals surface area contributed by atoms with Gasteiger partial charge in [0, 0.05) is 12.6 Å². The Hall–Kier alpha value is -2.86. The minimum Gasteiger partial charge on any atom is -0.467 e. The van der Waals surface area contributed by atoms with Gasteiger partial charge in [-0.2, -0.15) is 0 Å². The summed E-state index contributed by atoms with van der Waals surface area (Å²) in [6.45, 7) is 4.70. The van der Waals surface area contributed by atoms with Crippen LogP contribution in [0.1, 0.15) is 34.8 Å². The molecule has 0 radical (unpaired) electrons. The molecule has 28 heavy (non-hydrogen) atoms. The normalized spacial score (nSPS) is 10.8. The zero-order valence-corrected chi connectivity index (χ0v) is 16.9. The van der Waals surface area contributed by atoms with Crippen LogP contribution in [0.15, 0.2) is 70.7 Å². The van der Waals surface area contributed by atoms with Crippen LogP contribution in [0.5, 0.6) is 0 Å². The SMILES string of the molecule is CC(C)N(CC(=O)N(Cc1ccccc1)Cc1ccco1)C(=O)c1cccs1. The molecule has 0 saturated carbocycles. The molecule has 5 nitrogen and oxygen atoms in total. The molecule has 0 aliphatic carbocycles. The fraction of sp³-hybridized carbons (Fsp3) is 0.273. The Balaban J connectivity index is 1.77. The summed E-state index contributed by atoms with van der Waals surface area (Å²) >= 11 is 1.39. The molecule has 3 rings (SSSR count). The van der Waals surface area contributed by atoms with E-state index in [-0.39, 0.29) is 24.4 Å². The second kappa shape index (κ2) is 9.37. The van der Waals surface area contributed by atoms with Gasteiger partial charge in [-0.15, -0.1) is 11.3 Å². The first kappa shape index (κ1) is 19.9. The fourth-order valence-corrected chi connectivity index (χ4v) is 3.58. The van der Waals surface area contributed by atoms with Gasteiger partial charge in [0.2, 0.25) is 5.91 Å². The van der Waals surface area contributed by atoms with Crippen molar-refractivity contribution in [2.24, 2.45) is 0 Å². The minimum atomic E-state index is -0.115. The van der Waals surface area contributed by atoms with E-state index in [2.05, 4.69) is 0 Å². The molecule has 0 N–H and O–H groups in total. The predicted molar refractivity (Wildman–Crippen MR) is 110 cm³/mol. The average Bonchev–Trinajstić information content (AvgIpc) is 3.39. The molecular weight excluding hydrogens is 372 g/mol. The summed E-state index contributed by atoms with van der Waals surface area (Å²) in [5.41, 5.74) is 1.03. The van der Waals surface area contributed by atoms with E-state index < -0.39 is 0 Å². The Morgan fingerprint density at radius 2 is 1.79 bits per heavy atom. The predicted octanol–water partition coefficient (Wildman–Crippen LogP) is 4.42. The lowest BCUT2D eigenvalue weighted by molar-refractivity contribution is -0.133. The number of nitrogens with zero attached hydrogens (tertiary/aromatic N) is 2. The van der Waals surface area contributed by atoms with Crippen LogP contribution in [-0.4, -0.2) is 34.2 Å². The molecule has 0 aliphatic rings. The van der Waals surface area contributed by atoms with Crippen molar-refractivity contribution < 1.29 is 14.0 Å². The van der Waals surface area contributed by atoms with Crippen molar-refractivity contribution in [3.8, 4) is 0 Å². The van der Waals surface area contributed by atoms with Gasteiger partial charge in [0.1, 0.15) is 12.3 Å². The summed E-state index contributed by atoms with van der Waals surface area (Å²) in [6, 6.07) is 17.0. The summed E-state index contributed by atoms with van der Waals surface area (Å²) in [5, 5.41) is 1.87. The van der Waals surface area contributed by atoms with Gasteiger partial charge < -0.3 is 14.2 Å². The van der Waals surface area contributed by atoms with Crippen LogP contribution in [0, 0.1) is 0 Å².